The summed E-state index contributed by atoms with van der Waals surface area (Å²) in [5.74, 6) is 3.02. The predicted octanol–water partition coefficient (Wildman–Crippen LogP) is 2.70. The van der Waals surface area contributed by atoms with Crippen LogP contribution in [0.25, 0.3) is 0 Å². The van der Waals surface area contributed by atoms with Crippen LogP contribution in [-0.4, -0.2) is 15.7 Å². The molecule has 0 aromatic carbocycles. The van der Waals surface area contributed by atoms with Gasteiger partial charge in [0.2, 0.25) is 0 Å². The van der Waals surface area contributed by atoms with Gasteiger partial charge in [0.1, 0.15) is 0 Å². The van der Waals surface area contributed by atoms with Gasteiger partial charge in [-0.05, 0) is 30.6 Å². The summed E-state index contributed by atoms with van der Waals surface area (Å²) < 4.78 is 2.54. The lowest BCUT2D eigenvalue weighted by Crippen LogP contribution is -2.36. The molecule has 11 heavy (non-hydrogen) atoms. The minimum absolute atomic E-state index is 0.841. The van der Waals surface area contributed by atoms with Gasteiger partial charge in [0, 0.05) is 35.5 Å². The van der Waals surface area contributed by atoms with E-state index in [0.717, 1.165) is 23.8 Å². The summed E-state index contributed by atoms with van der Waals surface area (Å²) in [6, 6.07) is 0.861. The highest BCUT2D eigenvalue weighted by molar-refractivity contribution is 14.1. The monoisotopic (exact) mass is 265 g/mol. The molecule has 1 aliphatic carbocycles. The Labute approximate surface area is 83.0 Å². The maximum atomic E-state index is 2.54. The Hall–Kier alpha value is 0.690. The normalized spacial score (nSPS) is 44.2. The molecule has 1 unspecified atom stereocenters. The van der Waals surface area contributed by atoms with E-state index < -0.39 is 0 Å². The fraction of sp³-hybridized carbons (Fsp3) is 1.00. The van der Waals surface area contributed by atoms with Crippen LogP contribution >= 0.6 is 22.9 Å². The van der Waals surface area contributed by atoms with E-state index in [1.54, 1.807) is 0 Å². The summed E-state index contributed by atoms with van der Waals surface area (Å²) in [6.45, 7) is 6.05. The summed E-state index contributed by atoms with van der Waals surface area (Å²) in [5.41, 5.74) is 0. The summed E-state index contributed by atoms with van der Waals surface area (Å²) in [7, 11) is 0. The van der Waals surface area contributed by atoms with Crippen LogP contribution in [0.4, 0.5) is 0 Å². The average molecular weight is 265 g/mol. The predicted molar refractivity (Wildman–Crippen MR) is 55.6 cm³/mol. The van der Waals surface area contributed by atoms with E-state index in [9.17, 15) is 0 Å². The maximum Gasteiger partial charge on any atom is 0.0220 e. The Morgan fingerprint density at radius 2 is 2.00 bits per heavy atom. The molecule has 1 saturated carbocycles. The Bertz CT molecular complexity index is 158. The van der Waals surface area contributed by atoms with Crippen LogP contribution in [0.1, 0.15) is 26.7 Å². The van der Waals surface area contributed by atoms with Crippen LogP contribution in [0.2, 0.25) is 0 Å². The van der Waals surface area contributed by atoms with Crippen molar-refractivity contribution in [3.63, 3.8) is 0 Å². The number of rotatable bonds is 1. The van der Waals surface area contributed by atoms with Crippen LogP contribution in [0, 0.1) is 17.8 Å². The largest absolute Gasteiger partial charge is 0.244 e. The van der Waals surface area contributed by atoms with Crippen molar-refractivity contribution in [3.8, 4) is 0 Å². The summed E-state index contributed by atoms with van der Waals surface area (Å²) in [5, 5.41) is 0. The van der Waals surface area contributed by atoms with Gasteiger partial charge in [0.05, 0.1) is 0 Å². The zero-order valence-electron chi connectivity index (χ0n) is 7.26. The second kappa shape index (κ2) is 2.87. The van der Waals surface area contributed by atoms with E-state index in [1.165, 1.54) is 19.4 Å². The van der Waals surface area contributed by atoms with Crippen molar-refractivity contribution in [3.05, 3.63) is 0 Å². The standard InChI is InChI=1S/C9H16IN/c1-6(2)9-4-7-3-8(7)5-11(9)10/h6-9H,3-5H2,1-2H3/t7-,8+,9?/m0/s1. The summed E-state index contributed by atoms with van der Waals surface area (Å²) in [4.78, 5) is 0. The molecule has 1 aliphatic heterocycles. The highest BCUT2D eigenvalue weighted by Crippen LogP contribution is 2.49. The Balaban J connectivity index is 1.97. The van der Waals surface area contributed by atoms with Crippen molar-refractivity contribution >= 4 is 22.9 Å². The van der Waals surface area contributed by atoms with Gasteiger partial charge in [-0.25, -0.2) is 3.11 Å². The topological polar surface area (TPSA) is 3.24 Å². The zero-order valence-corrected chi connectivity index (χ0v) is 9.41. The van der Waals surface area contributed by atoms with Crippen LogP contribution in [-0.2, 0) is 0 Å². The third kappa shape index (κ3) is 1.57. The van der Waals surface area contributed by atoms with Gasteiger partial charge >= 0.3 is 0 Å². The van der Waals surface area contributed by atoms with Crippen LogP contribution in [0.15, 0.2) is 0 Å². The highest BCUT2D eigenvalue weighted by atomic mass is 127. The molecule has 0 amide bonds. The minimum atomic E-state index is 0.841. The van der Waals surface area contributed by atoms with Gasteiger partial charge in [-0.1, -0.05) is 13.8 Å². The van der Waals surface area contributed by atoms with Gasteiger partial charge in [0.15, 0.2) is 0 Å². The first-order valence-corrected chi connectivity index (χ1v) is 5.57. The number of hydrogen-bond donors (Lipinski definition) is 0. The molecule has 3 atom stereocenters. The van der Waals surface area contributed by atoms with Gasteiger partial charge in [-0.3, -0.25) is 0 Å². The number of halogens is 1. The van der Waals surface area contributed by atoms with Crippen molar-refractivity contribution in [2.24, 2.45) is 17.8 Å². The second-order valence-corrected chi connectivity index (χ2v) is 5.62. The molecule has 64 valence electrons. The SMILES string of the molecule is CC(C)C1C[C@@H]2C[C@@H]2CN1I. The van der Waals surface area contributed by atoms with Gasteiger partial charge in [-0.15, -0.1) is 0 Å². The first kappa shape index (κ1) is 8.30. The molecule has 0 N–H and O–H groups in total. The molecule has 0 bridgehead atoms. The van der Waals surface area contributed by atoms with Crippen molar-refractivity contribution in [2.75, 3.05) is 6.54 Å². The highest BCUT2D eigenvalue weighted by Gasteiger charge is 2.45. The molecule has 2 rings (SSSR count). The maximum absolute atomic E-state index is 2.54. The first-order valence-electron chi connectivity index (χ1n) is 4.61. The molecular formula is C9H16IN. The van der Waals surface area contributed by atoms with E-state index in [0.29, 0.717) is 0 Å². The number of nitrogens with zero attached hydrogens (tertiary/aromatic N) is 1. The van der Waals surface area contributed by atoms with Gasteiger partial charge in [0.25, 0.3) is 0 Å². The van der Waals surface area contributed by atoms with Crippen molar-refractivity contribution < 1.29 is 0 Å². The lowest BCUT2D eigenvalue weighted by atomic mass is 9.95. The van der Waals surface area contributed by atoms with Crippen molar-refractivity contribution in [1.82, 2.24) is 3.11 Å². The molecule has 0 radical (unpaired) electrons. The summed E-state index contributed by atoms with van der Waals surface area (Å²) >= 11 is 2.51. The van der Waals surface area contributed by atoms with Gasteiger partial charge < -0.3 is 0 Å². The number of piperidine rings is 1. The third-order valence-corrected chi connectivity index (χ3v) is 4.26. The third-order valence-electron chi connectivity index (χ3n) is 3.15. The fourth-order valence-electron chi connectivity index (χ4n) is 2.20. The molecule has 1 heterocycles. The lowest BCUT2D eigenvalue weighted by molar-refractivity contribution is 0.230. The molecule has 2 fully saturated rings. The summed E-state index contributed by atoms with van der Waals surface area (Å²) in [6.07, 6.45) is 2.98. The Morgan fingerprint density at radius 3 is 2.64 bits per heavy atom. The van der Waals surface area contributed by atoms with E-state index in [2.05, 4.69) is 39.8 Å². The first-order chi connectivity index (χ1) is 5.18. The molecule has 2 aliphatic rings. The average Bonchev–Trinajstić information content (AvgIpc) is 2.63. The molecule has 0 spiro atoms. The van der Waals surface area contributed by atoms with E-state index in [4.69, 9.17) is 0 Å². The number of fused-ring (bicyclic) bond motifs is 1. The van der Waals surface area contributed by atoms with E-state index in [1.807, 2.05) is 0 Å². The van der Waals surface area contributed by atoms with Crippen LogP contribution in [0.3, 0.4) is 0 Å². The Kier molecular flexibility index (Phi) is 2.17. The molecule has 1 nitrogen and oxygen atoms in total. The molecule has 1 saturated heterocycles. The lowest BCUT2D eigenvalue weighted by Gasteiger charge is -2.32. The van der Waals surface area contributed by atoms with Crippen LogP contribution < -0.4 is 0 Å². The number of hydrogen-bond acceptors (Lipinski definition) is 1. The fourth-order valence-corrected chi connectivity index (χ4v) is 3.58. The minimum Gasteiger partial charge on any atom is -0.244 e. The molecule has 0 aromatic heterocycles. The quantitative estimate of drug-likeness (QED) is 0.520. The van der Waals surface area contributed by atoms with Crippen LogP contribution in [0.5, 0.6) is 0 Å². The molecule has 2 heteroatoms. The van der Waals surface area contributed by atoms with Crippen molar-refractivity contribution in [2.45, 2.75) is 32.7 Å². The smallest absolute Gasteiger partial charge is 0.0220 e. The Morgan fingerprint density at radius 1 is 1.27 bits per heavy atom. The van der Waals surface area contributed by atoms with Crippen molar-refractivity contribution in [1.29, 1.82) is 0 Å². The molecule has 0 aromatic rings. The molecular weight excluding hydrogens is 249 g/mol. The van der Waals surface area contributed by atoms with Gasteiger partial charge in [-0.2, -0.15) is 0 Å². The second-order valence-electron chi connectivity index (χ2n) is 4.39. The van der Waals surface area contributed by atoms with E-state index in [-0.39, 0.29) is 0 Å². The zero-order chi connectivity index (χ0) is 8.01. The van der Waals surface area contributed by atoms with E-state index >= 15 is 0 Å².